The van der Waals surface area contributed by atoms with Gasteiger partial charge in [0.15, 0.2) is 5.96 Å². The molecule has 1 aliphatic rings. The molecule has 114 heavy (non-hydrogen) atoms. The second-order valence-corrected chi connectivity index (χ2v) is 29.3. The largest absolute Gasteiger partial charge is 0.481 e. The quantitative estimate of drug-likeness (QED) is 0.0113. The molecule has 40 nitrogen and oxygen atoms in total. The van der Waals surface area contributed by atoms with Crippen LogP contribution in [0.2, 0.25) is 0 Å². The minimum absolute atomic E-state index is 0.00446. The number of aromatic amines is 2. The number of hydrogen-bond acceptors (Lipinski definition) is 20. The average molecular weight is 1610 g/mol. The smallest absolute Gasteiger partial charge is 0.322 e. The second-order valence-electron chi connectivity index (χ2n) is 28.3. The van der Waals surface area contributed by atoms with E-state index in [-0.39, 0.29) is 76.3 Å². The fourth-order valence-corrected chi connectivity index (χ4v) is 12.9. The Kier molecular flexibility index (Phi) is 37.5. The summed E-state index contributed by atoms with van der Waals surface area (Å²) >= 11 is 1.34. The molecule has 2 aromatic heterocycles. The highest BCUT2D eigenvalue weighted by Crippen LogP contribution is 2.23. The number of hydrogen-bond donors (Lipinski definition) is 22. The first-order chi connectivity index (χ1) is 54.0. The topological polar surface area (TPSA) is 650 Å². The number of aliphatic carboxylic acids is 2. The summed E-state index contributed by atoms with van der Waals surface area (Å²) in [5.41, 5.74) is 25.5. The molecule has 1 saturated heterocycles. The maximum absolute atomic E-state index is 14.4. The van der Waals surface area contributed by atoms with Gasteiger partial charge in [-0.3, -0.25) is 86.9 Å². The summed E-state index contributed by atoms with van der Waals surface area (Å²) in [5, 5.41) is 60.5. The standard InChI is InChI=1S/C73H107N21O19S/c1-37(2)29-52(68(109)89-50(21-24-59(99)100)67(108)92-53(31-41-33-81-46-16-10-8-14-43(41)46)69(110)90-51(25-28-114-6)64(105)84-36-60(101)102)87-58(98)34-82-63(104)48(19-22-55(75)95)86-57(97)35-83-70(111)54-18-12-27-94(54)72(113)39(5)85-65(106)49(20-23-56(76)96)88-66(107)47(17-11-26-79-73(77)78)91-71(112)61(38(3)4)93-62(103)44(74)30-40-32-80-45-15-9-7-13-42(40)45/h7-10,13-16,32-33,37-39,44,47-54,61,80-81H,11-12,17-31,34-36,74H2,1-6H3,(H2,75,95)(H2,76,96)(H,82,104)(H,83,111)(H,84,105)(H,85,106)(H,86,97)(H,87,98)(H,88,107)(H,89,109)(H,90,110)(H,91,112)(H,92,108)(H,93,103)(H,99,100)(H,101,102)(H4,77,78,79)/t39-,44-,47-,48-,49-,50-,51-,52-,53-,54-,61-/m0/s1. The number of nitrogens with two attached hydrogens (primary N) is 4. The lowest BCUT2D eigenvalue weighted by Crippen LogP contribution is -2.60. The Morgan fingerprint density at radius 3 is 1.51 bits per heavy atom. The van der Waals surface area contributed by atoms with Crippen LogP contribution in [0.5, 0.6) is 0 Å². The number of para-hydroxylation sites is 2. The Balaban J connectivity index is 1.21. The van der Waals surface area contributed by atoms with Gasteiger partial charge in [0, 0.05) is 73.0 Å². The monoisotopic (exact) mass is 1610 g/mol. The summed E-state index contributed by atoms with van der Waals surface area (Å²) in [6, 6.07) is -0.953. The fourth-order valence-electron chi connectivity index (χ4n) is 12.4. The number of carboxylic acid groups (broad SMARTS) is 2. The molecule has 0 saturated carbocycles. The second kappa shape index (κ2) is 46.2. The number of benzene rings is 2. The molecule has 41 heteroatoms. The highest BCUT2D eigenvalue weighted by Gasteiger charge is 2.40. The Hall–Kier alpha value is -11.9. The van der Waals surface area contributed by atoms with Crippen molar-refractivity contribution in [3.63, 3.8) is 0 Å². The first-order valence-electron chi connectivity index (χ1n) is 37.2. The van der Waals surface area contributed by atoms with Crippen molar-refractivity contribution in [1.82, 2.24) is 84.0 Å². The first kappa shape index (κ1) is 92.7. The van der Waals surface area contributed by atoms with E-state index >= 15 is 0 Å². The van der Waals surface area contributed by atoms with Crippen LogP contribution in [0.25, 0.3) is 21.8 Å². The van der Waals surface area contributed by atoms with E-state index in [9.17, 15) is 91.7 Å². The number of aromatic nitrogens is 2. The van der Waals surface area contributed by atoms with Crippen molar-refractivity contribution < 1.29 is 91.7 Å². The van der Waals surface area contributed by atoms with Crippen molar-refractivity contribution >= 4 is 140 Å². The van der Waals surface area contributed by atoms with Crippen LogP contribution in [-0.4, -0.2) is 243 Å². The molecule has 624 valence electrons. The summed E-state index contributed by atoms with van der Waals surface area (Å²) in [6.45, 7) is 5.64. The molecule has 0 unspecified atom stereocenters. The van der Waals surface area contributed by atoms with Crippen LogP contribution in [0.1, 0.15) is 123 Å². The molecule has 1 aliphatic heterocycles. The van der Waals surface area contributed by atoms with Gasteiger partial charge < -0.3 is 117 Å². The minimum Gasteiger partial charge on any atom is -0.481 e. The van der Waals surface area contributed by atoms with Gasteiger partial charge in [-0.2, -0.15) is 11.8 Å². The maximum atomic E-state index is 14.4. The zero-order valence-electron chi connectivity index (χ0n) is 64.4. The van der Waals surface area contributed by atoms with Gasteiger partial charge in [0.1, 0.15) is 67.0 Å². The van der Waals surface area contributed by atoms with Crippen LogP contribution in [0, 0.1) is 17.2 Å². The van der Waals surface area contributed by atoms with Crippen LogP contribution < -0.4 is 92.1 Å². The number of H-pyrrole nitrogens is 2. The van der Waals surface area contributed by atoms with Gasteiger partial charge in [-0.15, -0.1) is 0 Å². The number of thioether (sulfide) groups is 1. The van der Waals surface area contributed by atoms with Crippen LogP contribution in [0.4, 0.5) is 0 Å². The summed E-state index contributed by atoms with van der Waals surface area (Å²) in [7, 11) is 0. The zero-order valence-corrected chi connectivity index (χ0v) is 65.2. The van der Waals surface area contributed by atoms with E-state index in [1.165, 1.54) is 18.7 Å². The zero-order chi connectivity index (χ0) is 84.5. The van der Waals surface area contributed by atoms with Crippen molar-refractivity contribution in [2.24, 2.45) is 34.8 Å². The molecule has 0 aliphatic carbocycles. The van der Waals surface area contributed by atoms with Crippen LogP contribution in [0.15, 0.2) is 60.9 Å². The van der Waals surface area contributed by atoms with E-state index in [0.717, 1.165) is 21.4 Å². The number of nitrogens with zero attached hydrogens (tertiary/aromatic N) is 1. The number of fused-ring (bicyclic) bond motifs is 2. The van der Waals surface area contributed by atoms with Crippen molar-refractivity contribution in [2.45, 2.75) is 191 Å². The number of carboxylic acids is 2. The molecular weight excluding hydrogens is 1510 g/mol. The third-order valence-electron chi connectivity index (χ3n) is 18.4. The number of primary amides is 2. The van der Waals surface area contributed by atoms with Gasteiger partial charge in [0.2, 0.25) is 88.6 Å². The van der Waals surface area contributed by atoms with Gasteiger partial charge in [-0.05, 0) is 118 Å². The molecule has 15 amide bonds. The third kappa shape index (κ3) is 30.6. The van der Waals surface area contributed by atoms with Crippen LogP contribution in [-0.2, 0) is 94.3 Å². The SMILES string of the molecule is CSCC[C@H](NC(=O)[C@H](Cc1c[nH]c2ccccc12)NC(=O)[C@H](CCC(=O)O)NC(=O)[C@H](CC(C)C)NC(=O)CNC(=O)[C@H](CCC(N)=O)NC(=O)CNC(=O)[C@@H]1CCCN1C(=O)[C@H](C)NC(=O)[C@H](CCC(N)=O)NC(=O)[C@H](CCCNC(=N)N)NC(=O)[C@@H](NC(=O)[C@@H](N)Cc1c[nH]c2ccccc12)C(C)C)C(=O)NCC(=O)O. The molecule has 4 aromatic rings. The number of guanidine groups is 1. The van der Waals surface area contributed by atoms with Crippen molar-refractivity contribution in [3.8, 4) is 0 Å². The van der Waals surface area contributed by atoms with Crippen molar-refractivity contribution in [3.05, 3.63) is 72.1 Å². The molecule has 0 spiro atoms. The van der Waals surface area contributed by atoms with E-state index in [1.54, 1.807) is 70.6 Å². The predicted octanol–water partition coefficient (Wildman–Crippen LogP) is -4.32. The van der Waals surface area contributed by atoms with E-state index < -0.39 is 231 Å². The average Bonchev–Trinajstić information content (AvgIpc) is 1.67. The summed E-state index contributed by atoms with van der Waals surface area (Å²) in [6.07, 6.45) is 2.38. The molecule has 2 aromatic carbocycles. The Morgan fingerprint density at radius 1 is 0.518 bits per heavy atom. The molecule has 11 atom stereocenters. The highest BCUT2D eigenvalue weighted by atomic mass is 32.2. The Bertz CT molecular complexity index is 4110. The Morgan fingerprint density at radius 2 is 0.982 bits per heavy atom. The minimum atomic E-state index is -1.67. The summed E-state index contributed by atoms with van der Waals surface area (Å²) < 4.78 is 0. The maximum Gasteiger partial charge on any atom is 0.322 e. The van der Waals surface area contributed by atoms with Crippen LogP contribution in [0.3, 0.4) is 0 Å². The predicted molar refractivity (Wildman–Crippen MR) is 417 cm³/mol. The normalized spacial score (nSPS) is 15.1. The molecule has 0 bridgehead atoms. The number of carbonyl (C=O) groups is 17. The van der Waals surface area contributed by atoms with E-state index in [2.05, 4.69) is 79.1 Å². The molecule has 5 rings (SSSR count). The molecule has 0 radical (unpaired) electrons. The van der Waals surface area contributed by atoms with Crippen molar-refractivity contribution in [1.29, 1.82) is 5.41 Å². The van der Waals surface area contributed by atoms with Gasteiger partial charge in [0.25, 0.3) is 0 Å². The van der Waals surface area contributed by atoms with E-state index in [1.807, 2.05) is 24.3 Å². The first-order valence-corrected chi connectivity index (χ1v) is 38.6. The van der Waals surface area contributed by atoms with E-state index in [0.29, 0.717) is 22.2 Å². The number of amides is 15. The fraction of sp³-hybridized carbons (Fsp3) is 0.534. The highest BCUT2D eigenvalue weighted by molar-refractivity contribution is 7.98. The summed E-state index contributed by atoms with van der Waals surface area (Å²) in [4.78, 5) is 235. The van der Waals surface area contributed by atoms with Crippen LogP contribution >= 0.6 is 11.8 Å². The van der Waals surface area contributed by atoms with Crippen molar-refractivity contribution in [2.75, 3.05) is 44.7 Å². The lowest BCUT2D eigenvalue weighted by Gasteiger charge is -2.29. The third-order valence-corrected chi connectivity index (χ3v) is 19.0. The molecule has 3 heterocycles. The number of rotatable bonds is 49. The van der Waals surface area contributed by atoms with Gasteiger partial charge >= 0.3 is 11.9 Å². The molecular formula is C73H107N21O19S. The Labute approximate surface area is 660 Å². The number of carbonyl (C=O) groups excluding carboxylic acids is 15. The van der Waals surface area contributed by atoms with Gasteiger partial charge in [0.05, 0.1) is 19.1 Å². The lowest BCUT2D eigenvalue weighted by molar-refractivity contribution is -0.141. The summed E-state index contributed by atoms with van der Waals surface area (Å²) in [5.74, 6) is -17.1. The van der Waals surface area contributed by atoms with Gasteiger partial charge in [-0.25, -0.2) is 0 Å². The lowest BCUT2D eigenvalue weighted by atomic mass is 10.00. The number of likely N-dealkylation sites (tertiary alicyclic amines) is 1. The molecule has 26 N–H and O–H groups in total. The van der Waals surface area contributed by atoms with E-state index in [4.69, 9.17) is 28.3 Å². The molecule has 1 fully saturated rings. The van der Waals surface area contributed by atoms with Gasteiger partial charge in [-0.1, -0.05) is 64.1 Å². The number of nitrogens with one attached hydrogen (secondary N) is 16.